The van der Waals surface area contributed by atoms with Crippen LogP contribution in [-0.4, -0.2) is 25.2 Å². The predicted molar refractivity (Wildman–Crippen MR) is 74.5 cm³/mol. The van der Waals surface area contributed by atoms with Crippen LogP contribution in [0.15, 0.2) is 0 Å². The molecule has 2 fully saturated rings. The van der Waals surface area contributed by atoms with Gasteiger partial charge >= 0.3 is 6.18 Å². The van der Waals surface area contributed by atoms with E-state index in [2.05, 4.69) is 5.32 Å². The van der Waals surface area contributed by atoms with E-state index in [9.17, 15) is 18.0 Å². The molecule has 0 heterocycles. The van der Waals surface area contributed by atoms with Gasteiger partial charge in [-0.3, -0.25) is 4.79 Å². The quantitative estimate of drug-likeness (QED) is 0.839. The van der Waals surface area contributed by atoms with Crippen molar-refractivity contribution in [1.82, 2.24) is 5.32 Å². The SMILES string of the molecule is NCC1(CNC(=O)C2CCC(C(F)(F)F)CC2)CCCC1. The molecule has 0 aromatic rings. The molecule has 2 aliphatic carbocycles. The van der Waals surface area contributed by atoms with Crippen molar-refractivity contribution in [2.45, 2.75) is 57.5 Å². The minimum absolute atomic E-state index is 0.0127. The second-order valence-corrected chi connectivity index (χ2v) is 6.72. The van der Waals surface area contributed by atoms with E-state index in [0.717, 1.165) is 25.7 Å². The lowest BCUT2D eigenvalue weighted by Gasteiger charge is -2.31. The second-order valence-electron chi connectivity index (χ2n) is 6.72. The van der Waals surface area contributed by atoms with Crippen molar-refractivity contribution in [2.24, 2.45) is 23.0 Å². The van der Waals surface area contributed by atoms with E-state index in [1.807, 2.05) is 0 Å². The molecule has 2 saturated carbocycles. The molecule has 3 N–H and O–H groups in total. The molecule has 0 unspecified atom stereocenters. The molecule has 2 aliphatic rings. The van der Waals surface area contributed by atoms with Crippen LogP contribution in [0.4, 0.5) is 13.2 Å². The Bertz CT molecular complexity index is 356. The Morgan fingerprint density at radius 3 is 2.19 bits per heavy atom. The van der Waals surface area contributed by atoms with Gasteiger partial charge in [0.15, 0.2) is 0 Å². The summed E-state index contributed by atoms with van der Waals surface area (Å²) in [5, 5.41) is 2.94. The van der Waals surface area contributed by atoms with E-state index < -0.39 is 12.1 Å². The van der Waals surface area contributed by atoms with Gasteiger partial charge in [0.25, 0.3) is 0 Å². The topological polar surface area (TPSA) is 55.1 Å². The third kappa shape index (κ3) is 4.11. The van der Waals surface area contributed by atoms with Gasteiger partial charge in [-0.25, -0.2) is 0 Å². The van der Waals surface area contributed by atoms with Crippen molar-refractivity contribution < 1.29 is 18.0 Å². The molecule has 0 atom stereocenters. The lowest BCUT2D eigenvalue weighted by Crippen LogP contribution is -2.43. The summed E-state index contributed by atoms with van der Waals surface area (Å²) in [6.07, 6.45) is 1.06. The summed E-state index contributed by atoms with van der Waals surface area (Å²) in [6.45, 7) is 1.13. The molecule has 0 radical (unpaired) electrons. The van der Waals surface area contributed by atoms with Crippen LogP contribution in [-0.2, 0) is 4.79 Å². The molecule has 0 aromatic carbocycles. The number of hydrogen-bond acceptors (Lipinski definition) is 2. The van der Waals surface area contributed by atoms with Crippen molar-refractivity contribution >= 4 is 5.91 Å². The molecular weight excluding hydrogens is 281 g/mol. The van der Waals surface area contributed by atoms with Crippen molar-refractivity contribution in [3.8, 4) is 0 Å². The fraction of sp³-hybridized carbons (Fsp3) is 0.933. The normalized spacial score (nSPS) is 29.3. The maximum atomic E-state index is 12.6. The number of alkyl halides is 3. The van der Waals surface area contributed by atoms with Crippen molar-refractivity contribution in [1.29, 1.82) is 0 Å². The van der Waals surface area contributed by atoms with Crippen LogP contribution >= 0.6 is 0 Å². The standard InChI is InChI=1S/C15H25F3N2O/c16-15(17,18)12-5-3-11(4-6-12)13(21)20-10-14(9-19)7-1-2-8-14/h11-12H,1-10,19H2,(H,20,21). The Morgan fingerprint density at radius 1 is 1.14 bits per heavy atom. The Hall–Kier alpha value is -0.780. The molecule has 2 rings (SSSR count). The van der Waals surface area contributed by atoms with Crippen molar-refractivity contribution in [2.75, 3.05) is 13.1 Å². The Morgan fingerprint density at radius 2 is 1.71 bits per heavy atom. The van der Waals surface area contributed by atoms with E-state index in [1.165, 1.54) is 0 Å². The number of carbonyl (C=O) groups is 1. The molecule has 3 nitrogen and oxygen atoms in total. The predicted octanol–water partition coefficient (Wildman–Crippen LogP) is 2.99. The molecule has 0 spiro atoms. The molecule has 0 aromatic heterocycles. The Balaban J connectivity index is 1.77. The highest BCUT2D eigenvalue weighted by atomic mass is 19.4. The lowest BCUT2D eigenvalue weighted by atomic mass is 9.80. The van der Waals surface area contributed by atoms with E-state index in [-0.39, 0.29) is 30.1 Å². The highest BCUT2D eigenvalue weighted by molar-refractivity contribution is 5.78. The van der Waals surface area contributed by atoms with Gasteiger partial charge in [-0.05, 0) is 50.5 Å². The zero-order valence-electron chi connectivity index (χ0n) is 12.3. The highest BCUT2D eigenvalue weighted by Crippen LogP contribution is 2.40. The summed E-state index contributed by atoms with van der Waals surface area (Å²) < 4.78 is 37.8. The lowest BCUT2D eigenvalue weighted by molar-refractivity contribution is -0.184. The second kappa shape index (κ2) is 6.55. The summed E-state index contributed by atoms with van der Waals surface area (Å²) in [5.41, 5.74) is 5.84. The minimum atomic E-state index is -4.12. The number of amides is 1. The number of nitrogens with one attached hydrogen (secondary N) is 1. The number of hydrogen-bond donors (Lipinski definition) is 2. The van der Waals surface area contributed by atoms with Gasteiger partial charge in [0.1, 0.15) is 0 Å². The first-order valence-corrected chi connectivity index (χ1v) is 7.91. The first kappa shape index (κ1) is 16.6. The maximum absolute atomic E-state index is 12.6. The van der Waals surface area contributed by atoms with Gasteiger partial charge in [0.2, 0.25) is 5.91 Å². The molecule has 0 saturated heterocycles. The molecular formula is C15H25F3N2O. The van der Waals surface area contributed by atoms with Gasteiger partial charge in [-0.1, -0.05) is 12.8 Å². The van der Waals surface area contributed by atoms with E-state index in [4.69, 9.17) is 5.73 Å². The van der Waals surface area contributed by atoms with E-state index in [0.29, 0.717) is 25.9 Å². The minimum Gasteiger partial charge on any atom is -0.355 e. The van der Waals surface area contributed by atoms with Crippen LogP contribution < -0.4 is 11.1 Å². The Labute approximate surface area is 123 Å². The van der Waals surface area contributed by atoms with Gasteiger partial charge in [0, 0.05) is 12.5 Å². The van der Waals surface area contributed by atoms with Gasteiger partial charge in [-0.15, -0.1) is 0 Å². The maximum Gasteiger partial charge on any atom is 0.391 e. The molecule has 122 valence electrons. The number of halogens is 3. The van der Waals surface area contributed by atoms with Crippen LogP contribution in [0.2, 0.25) is 0 Å². The Kier molecular flexibility index (Phi) is 5.17. The zero-order chi connectivity index (χ0) is 15.5. The van der Waals surface area contributed by atoms with Crippen molar-refractivity contribution in [3.05, 3.63) is 0 Å². The van der Waals surface area contributed by atoms with Gasteiger partial charge < -0.3 is 11.1 Å². The molecule has 0 aliphatic heterocycles. The van der Waals surface area contributed by atoms with Crippen LogP contribution in [0.5, 0.6) is 0 Å². The average molecular weight is 306 g/mol. The third-order valence-corrected chi connectivity index (χ3v) is 5.30. The van der Waals surface area contributed by atoms with Gasteiger partial charge in [0.05, 0.1) is 5.92 Å². The van der Waals surface area contributed by atoms with Crippen LogP contribution in [0.3, 0.4) is 0 Å². The van der Waals surface area contributed by atoms with Crippen LogP contribution in [0.1, 0.15) is 51.4 Å². The average Bonchev–Trinajstić information content (AvgIpc) is 2.93. The first-order chi connectivity index (χ1) is 9.86. The van der Waals surface area contributed by atoms with Gasteiger partial charge in [-0.2, -0.15) is 13.2 Å². The molecule has 6 heteroatoms. The van der Waals surface area contributed by atoms with Crippen LogP contribution in [0.25, 0.3) is 0 Å². The van der Waals surface area contributed by atoms with E-state index >= 15 is 0 Å². The largest absolute Gasteiger partial charge is 0.391 e. The molecule has 1 amide bonds. The summed E-state index contributed by atoms with van der Waals surface area (Å²) in [5.74, 6) is -1.58. The van der Waals surface area contributed by atoms with E-state index in [1.54, 1.807) is 0 Å². The monoisotopic (exact) mass is 306 g/mol. The molecule has 0 bridgehead atoms. The number of carbonyl (C=O) groups excluding carboxylic acids is 1. The highest BCUT2D eigenvalue weighted by Gasteiger charge is 2.42. The smallest absolute Gasteiger partial charge is 0.355 e. The zero-order valence-corrected chi connectivity index (χ0v) is 12.3. The molecule has 21 heavy (non-hydrogen) atoms. The fourth-order valence-electron chi connectivity index (χ4n) is 3.68. The first-order valence-electron chi connectivity index (χ1n) is 7.91. The summed E-state index contributed by atoms with van der Waals surface area (Å²) in [6, 6.07) is 0. The van der Waals surface area contributed by atoms with Crippen LogP contribution in [0, 0.1) is 17.3 Å². The number of nitrogens with two attached hydrogens (primary N) is 1. The summed E-state index contributed by atoms with van der Waals surface area (Å²) in [4.78, 5) is 12.1. The number of rotatable bonds is 4. The van der Waals surface area contributed by atoms with Crippen molar-refractivity contribution in [3.63, 3.8) is 0 Å². The third-order valence-electron chi connectivity index (χ3n) is 5.30. The summed E-state index contributed by atoms with van der Waals surface area (Å²) >= 11 is 0. The fourth-order valence-corrected chi connectivity index (χ4v) is 3.68. The summed E-state index contributed by atoms with van der Waals surface area (Å²) in [7, 11) is 0.